The number of halogens is 1. The van der Waals surface area contributed by atoms with E-state index in [1.54, 1.807) is 13.8 Å². The zero-order valence-corrected chi connectivity index (χ0v) is 11.7. The number of methoxy groups -OCH3 is 1. The highest BCUT2D eigenvalue weighted by Crippen LogP contribution is 2.22. The van der Waals surface area contributed by atoms with E-state index in [0.717, 1.165) is 0 Å². The molecule has 1 rings (SSSR count). The first kappa shape index (κ1) is 15.5. The average molecular weight is 286 g/mol. The monoisotopic (exact) mass is 285 g/mol. The quantitative estimate of drug-likeness (QED) is 0.872. The number of carboxylic acid groups (broad SMARTS) is 1. The Hall–Kier alpha value is -1.59. The minimum Gasteiger partial charge on any atom is -0.478 e. The van der Waals surface area contributed by atoms with Crippen LogP contribution in [0, 0.1) is 0 Å². The van der Waals surface area contributed by atoms with Crippen molar-refractivity contribution in [1.82, 2.24) is 0 Å². The maximum atomic E-state index is 11.8. The number of hydrogen-bond acceptors (Lipinski definition) is 3. The highest BCUT2D eigenvalue weighted by molar-refractivity contribution is 6.31. The van der Waals surface area contributed by atoms with Gasteiger partial charge in [-0.1, -0.05) is 11.6 Å². The van der Waals surface area contributed by atoms with Gasteiger partial charge in [0.2, 0.25) is 5.91 Å². The fourth-order valence-electron chi connectivity index (χ4n) is 1.46. The van der Waals surface area contributed by atoms with Gasteiger partial charge in [-0.3, -0.25) is 4.79 Å². The van der Waals surface area contributed by atoms with Gasteiger partial charge >= 0.3 is 5.97 Å². The lowest BCUT2D eigenvalue weighted by Crippen LogP contribution is -2.29. The Balaban J connectivity index is 2.88. The fraction of sp³-hybridized carbons (Fsp3) is 0.385. The van der Waals surface area contributed by atoms with Gasteiger partial charge in [-0.2, -0.15) is 0 Å². The smallest absolute Gasteiger partial charge is 0.337 e. The summed E-state index contributed by atoms with van der Waals surface area (Å²) < 4.78 is 5.14. The minimum absolute atomic E-state index is 0.0453. The molecular weight excluding hydrogens is 270 g/mol. The summed E-state index contributed by atoms with van der Waals surface area (Å²) in [5.74, 6) is -1.47. The van der Waals surface area contributed by atoms with Crippen LogP contribution < -0.4 is 5.32 Å². The molecule has 0 unspecified atom stereocenters. The van der Waals surface area contributed by atoms with Gasteiger partial charge in [-0.25, -0.2) is 4.79 Å². The van der Waals surface area contributed by atoms with E-state index >= 15 is 0 Å². The van der Waals surface area contributed by atoms with Crippen molar-refractivity contribution in [3.63, 3.8) is 0 Å². The van der Waals surface area contributed by atoms with E-state index in [1.807, 2.05) is 0 Å². The van der Waals surface area contributed by atoms with Crippen LogP contribution in [-0.2, 0) is 9.53 Å². The van der Waals surface area contributed by atoms with E-state index in [0.29, 0.717) is 5.02 Å². The fourth-order valence-corrected chi connectivity index (χ4v) is 1.63. The first-order valence-electron chi connectivity index (χ1n) is 5.63. The number of hydrogen-bond donors (Lipinski definition) is 2. The number of rotatable bonds is 5. The van der Waals surface area contributed by atoms with Crippen molar-refractivity contribution in [2.75, 3.05) is 12.4 Å². The average Bonchev–Trinajstić information content (AvgIpc) is 2.30. The van der Waals surface area contributed by atoms with Crippen LogP contribution in [0.15, 0.2) is 18.2 Å². The molecular formula is C13H16ClNO4. The highest BCUT2D eigenvalue weighted by atomic mass is 35.5. The minimum atomic E-state index is -1.15. The largest absolute Gasteiger partial charge is 0.478 e. The van der Waals surface area contributed by atoms with Gasteiger partial charge in [-0.15, -0.1) is 0 Å². The molecule has 0 aliphatic rings. The Bertz CT molecular complexity index is 499. The predicted molar refractivity (Wildman–Crippen MR) is 72.7 cm³/mol. The van der Waals surface area contributed by atoms with E-state index in [4.69, 9.17) is 21.4 Å². The van der Waals surface area contributed by atoms with Crippen molar-refractivity contribution < 1.29 is 19.4 Å². The van der Waals surface area contributed by atoms with Gasteiger partial charge < -0.3 is 15.2 Å². The number of carbonyl (C=O) groups is 2. The summed E-state index contributed by atoms with van der Waals surface area (Å²) in [7, 11) is 1.51. The van der Waals surface area contributed by atoms with Crippen molar-refractivity contribution in [3.8, 4) is 0 Å². The number of nitrogens with one attached hydrogen (secondary N) is 1. The van der Waals surface area contributed by atoms with E-state index in [2.05, 4.69) is 5.32 Å². The number of carbonyl (C=O) groups excluding carboxylic acids is 1. The van der Waals surface area contributed by atoms with Crippen molar-refractivity contribution in [2.45, 2.75) is 25.9 Å². The van der Waals surface area contributed by atoms with Crippen molar-refractivity contribution in [1.29, 1.82) is 0 Å². The van der Waals surface area contributed by atoms with Gasteiger partial charge in [0, 0.05) is 12.1 Å². The second-order valence-electron chi connectivity index (χ2n) is 4.68. The first-order valence-corrected chi connectivity index (χ1v) is 6.01. The third-order valence-corrected chi connectivity index (χ3v) is 2.86. The van der Waals surface area contributed by atoms with Crippen molar-refractivity contribution >= 4 is 29.2 Å². The number of anilines is 1. The Morgan fingerprint density at radius 3 is 2.58 bits per heavy atom. The molecule has 1 aromatic carbocycles. The second-order valence-corrected chi connectivity index (χ2v) is 5.12. The molecule has 0 spiro atoms. The molecule has 0 heterocycles. The molecule has 0 aliphatic carbocycles. The highest BCUT2D eigenvalue weighted by Gasteiger charge is 2.22. The lowest BCUT2D eigenvalue weighted by Gasteiger charge is -2.22. The Kier molecular flexibility index (Phi) is 4.91. The molecule has 5 nitrogen and oxygen atoms in total. The number of ether oxygens (including phenoxy) is 1. The zero-order chi connectivity index (χ0) is 14.6. The Labute approximate surface area is 116 Å². The van der Waals surface area contributed by atoms with Gasteiger partial charge in [0.25, 0.3) is 0 Å². The van der Waals surface area contributed by atoms with Crippen LogP contribution in [0.2, 0.25) is 5.02 Å². The number of amides is 1. The lowest BCUT2D eigenvalue weighted by atomic mass is 10.0. The maximum Gasteiger partial charge on any atom is 0.337 e. The summed E-state index contributed by atoms with van der Waals surface area (Å²) >= 11 is 5.73. The van der Waals surface area contributed by atoms with Gasteiger partial charge in [0.15, 0.2) is 0 Å². The topological polar surface area (TPSA) is 75.6 Å². The van der Waals surface area contributed by atoms with Crippen LogP contribution in [0.25, 0.3) is 0 Å². The molecule has 0 aliphatic heterocycles. The van der Waals surface area contributed by atoms with Crippen LogP contribution in [0.3, 0.4) is 0 Å². The molecule has 0 saturated heterocycles. The summed E-state index contributed by atoms with van der Waals surface area (Å²) in [5.41, 5.74) is -0.440. The summed E-state index contributed by atoms with van der Waals surface area (Å²) in [5, 5.41) is 11.9. The summed E-state index contributed by atoms with van der Waals surface area (Å²) in [4.78, 5) is 22.9. The van der Waals surface area contributed by atoms with Crippen LogP contribution in [0.5, 0.6) is 0 Å². The van der Waals surface area contributed by atoms with Gasteiger partial charge in [0.05, 0.1) is 23.3 Å². The van der Waals surface area contributed by atoms with Gasteiger partial charge in [-0.05, 0) is 32.0 Å². The van der Waals surface area contributed by atoms with E-state index in [9.17, 15) is 9.59 Å². The molecule has 104 valence electrons. The van der Waals surface area contributed by atoms with Crippen LogP contribution in [0.1, 0.15) is 30.6 Å². The standard InChI is InChI=1S/C13H16ClNO4/c1-13(2,19-3)7-11(16)15-10-5-4-8(14)6-9(10)12(17)18/h4-6H,7H2,1-3H3,(H,15,16)(H,17,18). The molecule has 0 aromatic heterocycles. The second kappa shape index (κ2) is 6.04. The predicted octanol–water partition coefficient (Wildman–Crippen LogP) is 2.79. The molecule has 0 bridgehead atoms. The molecule has 0 fully saturated rings. The molecule has 19 heavy (non-hydrogen) atoms. The Morgan fingerprint density at radius 1 is 1.42 bits per heavy atom. The van der Waals surface area contributed by atoms with Crippen molar-refractivity contribution in [2.24, 2.45) is 0 Å². The Morgan fingerprint density at radius 2 is 2.05 bits per heavy atom. The van der Waals surface area contributed by atoms with E-state index in [1.165, 1.54) is 25.3 Å². The normalized spacial score (nSPS) is 11.2. The first-order chi connectivity index (χ1) is 8.75. The number of aromatic carboxylic acids is 1. The molecule has 6 heteroatoms. The van der Waals surface area contributed by atoms with Crippen LogP contribution in [0.4, 0.5) is 5.69 Å². The maximum absolute atomic E-state index is 11.8. The number of carboxylic acids is 1. The van der Waals surface area contributed by atoms with Crippen molar-refractivity contribution in [3.05, 3.63) is 28.8 Å². The summed E-state index contributed by atoms with van der Waals surface area (Å²) in [6.07, 6.45) is 0.116. The van der Waals surface area contributed by atoms with E-state index in [-0.39, 0.29) is 23.6 Å². The zero-order valence-electron chi connectivity index (χ0n) is 11.0. The molecule has 1 amide bonds. The number of benzene rings is 1. The lowest BCUT2D eigenvalue weighted by molar-refractivity contribution is -0.121. The molecule has 0 radical (unpaired) electrons. The third-order valence-electron chi connectivity index (χ3n) is 2.62. The van der Waals surface area contributed by atoms with Crippen LogP contribution >= 0.6 is 11.6 Å². The van der Waals surface area contributed by atoms with E-state index < -0.39 is 11.6 Å². The molecule has 1 aromatic rings. The molecule has 0 atom stereocenters. The SMILES string of the molecule is COC(C)(C)CC(=O)Nc1ccc(Cl)cc1C(=O)O. The molecule has 0 saturated carbocycles. The van der Waals surface area contributed by atoms with Crippen LogP contribution in [-0.4, -0.2) is 29.7 Å². The third kappa shape index (κ3) is 4.54. The summed E-state index contributed by atoms with van der Waals surface area (Å²) in [6, 6.07) is 4.27. The van der Waals surface area contributed by atoms with Gasteiger partial charge in [0.1, 0.15) is 0 Å². The summed E-state index contributed by atoms with van der Waals surface area (Å²) in [6.45, 7) is 3.54. The molecule has 2 N–H and O–H groups in total.